The van der Waals surface area contributed by atoms with Gasteiger partial charge in [0.05, 0.1) is 10.0 Å². The standard InChI is InChI=1S/C15H8Cl2O2/c1-7-12-10(6-11(16)13(7)17)14(18)8-4-2-3-5-9(8)15(12)19/h2-6H,1H3. The van der Waals surface area contributed by atoms with E-state index in [-0.39, 0.29) is 11.6 Å². The van der Waals surface area contributed by atoms with Crippen LogP contribution in [0.4, 0.5) is 0 Å². The molecule has 1 aliphatic rings. The predicted octanol–water partition coefficient (Wildman–Crippen LogP) is 4.08. The summed E-state index contributed by atoms with van der Waals surface area (Å²) in [5.41, 5.74) is 2.07. The van der Waals surface area contributed by atoms with Gasteiger partial charge in [0.25, 0.3) is 0 Å². The predicted molar refractivity (Wildman–Crippen MR) is 74.5 cm³/mol. The van der Waals surface area contributed by atoms with Gasteiger partial charge in [0.1, 0.15) is 0 Å². The lowest BCUT2D eigenvalue weighted by Gasteiger charge is -2.20. The molecule has 0 spiro atoms. The van der Waals surface area contributed by atoms with E-state index in [4.69, 9.17) is 23.2 Å². The van der Waals surface area contributed by atoms with Crippen LogP contribution in [0.3, 0.4) is 0 Å². The maximum absolute atomic E-state index is 12.5. The molecule has 4 heteroatoms. The maximum Gasteiger partial charge on any atom is 0.194 e. The molecule has 0 aliphatic heterocycles. The van der Waals surface area contributed by atoms with Crippen LogP contribution in [0.1, 0.15) is 37.4 Å². The van der Waals surface area contributed by atoms with Crippen molar-refractivity contribution in [2.24, 2.45) is 0 Å². The lowest BCUT2D eigenvalue weighted by molar-refractivity contribution is 0.0978. The number of rotatable bonds is 0. The SMILES string of the molecule is Cc1c(Cl)c(Cl)cc2c1C(=O)c1ccccc1C2=O. The Balaban J connectivity index is 2.40. The fourth-order valence-electron chi connectivity index (χ4n) is 2.38. The lowest BCUT2D eigenvalue weighted by atomic mass is 9.82. The van der Waals surface area contributed by atoms with Crippen molar-refractivity contribution in [1.82, 2.24) is 0 Å². The largest absolute Gasteiger partial charge is 0.289 e. The van der Waals surface area contributed by atoms with Gasteiger partial charge in [0.15, 0.2) is 11.6 Å². The van der Waals surface area contributed by atoms with E-state index in [1.807, 2.05) is 0 Å². The second-order valence-electron chi connectivity index (χ2n) is 4.42. The summed E-state index contributed by atoms with van der Waals surface area (Å²) in [7, 11) is 0. The molecular formula is C15H8Cl2O2. The molecule has 0 radical (unpaired) electrons. The van der Waals surface area contributed by atoms with Gasteiger partial charge in [-0.1, -0.05) is 47.5 Å². The fourth-order valence-corrected chi connectivity index (χ4v) is 2.78. The lowest BCUT2D eigenvalue weighted by Crippen LogP contribution is -2.22. The monoisotopic (exact) mass is 290 g/mol. The van der Waals surface area contributed by atoms with Crippen LogP contribution in [-0.2, 0) is 0 Å². The van der Waals surface area contributed by atoms with Gasteiger partial charge >= 0.3 is 0 Å². The van der Waals surface area contributed by atoms with Crippen LogP contribution in [0.2, 0.25) is 10.0 Å². The normalized spacial score (nSPS) is 13.2. The Kier molecular flexibility index (Phi) is 2.73. The zero-order chi connectivity index (χ0) is 13.7. The summed E-state index contributed by atoms with van der Waals surface area (Å²) in [6, 6.07) is 8.25. The molecule has 2 nitrogen and oxygen atoms in total. The van der Waals surface area contributed by atoms with Gasteiger partial charge in [-0.15, -0.1) is 0 Å². The smallest absolute Gasteiger partial charge is 0.194 e. The minimum atomic E-state index is -0.188. The molecule has 0 fully saturated rings. The third kappa shape index (κ3) is 1.64. The first-order valence-electron chi connectivity index (χ1n) is 5.69. The van der Waals surface area contributed by atoms with Gasteiger partial charge in [-0.25, -0.2) is 0 Å². The van der Waals surface area contributed by atoms with Crippen molar-refractivity contribution >= 4 is 34.8 Å². The summed E-state index contributed by atoms with van der Waals surface area (Å²) in [6.45, 7) is 1.70. The summed E-state index contributed by atoms with van der Waals surface area (Å²) in [6.07, 6.45) is 0. The van der Waals surface area contributed by atoms with Crippen molar-refractivity contribution in [2.45, 2.75) is 6.92 Å². The quantitative estimate of drug-likeness (QED) is 0.625. The summed E-state index contributed by atoms with van der Waals surface area (Å²) >= 11 is 12.1. The minimum Gasteiger partial charge on any atom is -0.289 e. The van der Waals surface area contributed by atoms with Crippen molar-refractivity contribution in [3.8, 4) is 0 Å². The molecule has 0 N–H and O–H groups in total. The highest BCUT2D eigenvalue weighted by Crippen LogP contribution is 2.36. The highest BCUT2D eigenvalue weighted by Gasteiger charge is 2.32. The van der Waals surface area contributed by atoms with Crippen LogP contribution in [0.25, 0.3) is 0 Å². The Labute approximate surface area is 120 Å². The molecular weight excluding hydrogens is 283 g/mol. The van der Waals surface area contributed by atoms with Crippen molar-refractivity contribution in [1.29, 1.82) is 0 Å². The molecule has 0 saturated heterocycles. The molecule has 0 heterocycles. The second kappa shape index (κ2) is 4.19. The minimum absolute atomic E-state index is 0.179. The Bertz CT molecular complexity index is 748. The summed E-state index contributed by atoms with van der Waals surface area (Å²) < 4.78 is 0. The number of carbonyl (C=O) groups is 2. The van der Waals surface area contributed by atoms with Gasteiger partial charge in [-0.3, -0.25) is 9.59 Å². The van der Waals surface area contributed by atoms with E-state index in [1.54, 1.807) is 31.2 Å². The molecule has 0 aromatic heterocycles. The number of hydrogen-bond donors (Lipinski definition) is 0. The molecule has 0 unspecified atom stereocenters. The molecule has 1 aliphatic carbocycles. The molecule has 2 aromatic rings. The molecule has 0 bridgehead atoms. The highest BCUT2D eigenvalue weighted by molar-refractivity contribution is 6.44. The van der Waals surface area contributed by atoms with Crippen LogP contribution in [0.5, 0.6) is 0 Å². The van der Waals surface area contributed by atoms with Crippen molar-refractivity contribution in [3.63, 3.8) is 0 Å². The van der Waals surface area contributed by atoms with Crippen LogP contribution >= 0.6 is 23.2 Å². The van der Waals surface area contributed by atoms with Gasteiger partial charge in [-0.05, 0) is 18.6 Å². The average Bonchev–Trinajstić information content (AvgIpc) is 2.42. The molecule has 94 valence electrons. The van der Waals surface area contributed by atoms with E-state index in [9.17, 15) is 9.59 Å². The van der Waals surface area contributed by atoms with Gasteiger partial charge in [0.2, 0.25) is 0 Å². The Morgan fingerprint density at radius 2 is 1.47 bits per heavy atom. The summed E-state index contributed by atoms with van der Waals surface area (Å²) in [5, 5.41) is 0.611. The van der Waals surface area contributed by atoms with E-state index in [0.29, 0.717) is 37.9 Å². The number of benzene rings is 2. The van der Waals surface area contributed by atoms with Crippen molar-refractivity contribution in [3.05, 3.63) is 68.2 Å². The summed E-state index contributed by atoms with van der Waals surface area (Å²) in [5.74, 6) is -0.367. The zero-order valence-corrected chi connectivity index (χ0v) is 11.5. The van der Waals surface area contributed by atoms with Crippen LogP contribution < -0.4 is 0 Å². The maximum atomic E-state index is 12.5. The Hall–Kier alpha value is -1.64. The molecule has 0 atom stereocenters. The molecule has 0 saturated carbocycles. The van der Waals surface area contributed by atoms with E-state index in [2.05, 4.69) is 0 Å². The average molecular weight is 291 g/mol. The number of fused-ring (bicyclic) bond motifs is 2. The van der Waals surface area contributed by atoms with E-state index < -0.39 is 0 Å². The first-order chi connectivity index (χ1) is 9.02. The molecule has 19 heavy (non-hydrogen) atoms. The molecule has 3 rings (SSSR count). The fraction of sp³-hybridized carbons (Fsp3) is 0.0667. The Morgan fingerprint density at radius 1 is 0.895 bits per heavy atom. The molecule has 2 aromatic carbocycles. The zero-order valence-electron chi connectivity index (χ0n) is 9.96. The van der Waals surface area contributed by atoms with Gasteiger partial charge in [0, 0.05) is 22.3 Å². The van der Waals surface area contributed by atoms with E-state index in [1.165, 1.54) is 6.07 Å². The Morgan fingerprint density at radius 3 is 2.11 bits per heavy atom. The second-order valence-corrected chi connectivity index (χ2v) is 5.21. The number of halogens is 2. The highest BCUT2D eigenvalue weighted by atomic mass is 35.5. The van der Waals surface area contributed by atoms with E-state index in [0.717, 1.165) is 0 Å². The topological polar surface area (TPSA) is 34.1 Å². The first-order valence-corrected chi connectivity index (χ1v) is 6.45. The van der Waals surface area contributed by atoms with Crippen molar-refractivity contribution in [2.75, 3.05) is 0 Å². The van der Waals surface area contributed by atoms with Crippen LogP contribution in [0.15, 0.2) is 30.3 Å². The summed E-state index contributed by atoms with van der Waals surface area (Å²) in [4.78, 5) is 24.9. The van der Waals surface area contributed by atoms with Gasteiger partial charge in [-0.2, -0.15) is 0 Å². The number of ketones is 2. The van der Waals surface area contributed by atoms with Crippen molar-refractivity contribution < 1.29 is 9.59 Å². The molecule has 0 amide bonds. The number of hydrogen-bond acceptors (Lipinski definition) is 2. The van der Waals surface area contributed by atoms with Crippen LogP contribution in [-0.4, -0.2) is 11.6 Å². The van der Waals surface area contributed by atoms with E-state index >= 15 is 0 Å². The third-order valence-electron chi connectivity index (χ3n) is 3.34. The van der Waals surface area contributed by atoms with Crippen LogP contribution in [0, 0.1) is 6.92 Å². The first kappa shape index (κ1) is 12.4. The van der Waals surface area contributed by atoms with Gasteiger partial charge < -0.3 is 0 Å². The third-order valence-corrected chi connectivity index (χ3v) is 4.22. The number of carbonyl (C=O) groups excluding carboxylic acids is 2.